The van der Waals surface area contributed by atoms with Crippen LogP contribution in [0.1, 0.15) is 19.8 Å². The van der Waals surface area contributed by atoms with Crippen LogP contribution in [0.5, 0.6) is 0 Å². The normalized spacial score (nSPS) is 24.3. The monoisotopic (exact) mass is 170 g/mol. The van der Waals surface area contributed by atoms with Gasteiger partial charge in [0.25, 0.3) is 0 Å². The fraction of sp³-hybridized carbons (Fsp3) is 0.833. The standard InChI is InChI=1S/C6H10N4O2/c1-2-5(11)4-3-6(12)10(4)9-8-7/h4-5,11H,2-3H2,1H3. The van der Waals surface area contributed by atoms with Crippen molar-refractivity contribution in [2.24, 2.45) is 5.22 Å². The number of β-lactam (4-membered cyclic amide) rings is 1. The number of azide groups is 1. The first-order valence-corrected chi connectivity index (χ1v) is 3.75. The van der Waals surface area contributed by atoms with Gasteiger partial charge >= 0.3 is 5.91 Å². The molecule has 1 aliphatic rings. The topological polar surface area (TPSA) is 89.3 Å². The molecule has 1 fully saturated rings. The van der Waals surface area contributed by atoms with Crippen LogP contribution in [0.25, 0.3) is 10.4 Å². The summed E-state index contributed by atoms with van der Waals surface area (Å²) in [6.45, 7) is 1.81. The fourth-order valence-electron chi connectivity index (χ4n) is 1.16. The van der Waals surface area contributed by atoms with Crippen molar-refractivity contribution in [3.05, 3.63) is 10.4 Å². The Morgan fingerprint density at radius 3 is 3.08 bits per heavy atom. The lowest BCUT2D eigenvalue weighted by Gasteiger charge is -2.33. The smallest absolute Gasteiger partial charge is 0.317 e. The summed E-state index contributed by atoms with van der Waals surface area (Å²) in [4.78, 5) is 13.3. The van der Waals surface area contributed by atoms with Gasteiger partial charge in [0.2, 0.25) is 0 Å². The minimum Gasteiger partial charge on any atom is -0.389 e. The van der Waals surface area contributed by atoms with E-state index in [0.29, 0.717) is 6.42 Å². The zero-order valence-electron chi connectivity index (χ0n) is 6.71. The van der Waals surface area contributed by atoms with Gasteiger partial charge in [-0.3, -0.25) is 0 Å². The highest BCUT2D eigenvalue weighted by Gasteiger charge is 2.45. The molecule has 0 saturated carbocycles. The summed E-state index contributed by atoms with van der Waals surface area (Å²) >= 11 is 0. The maximum absolute atomic E-state index is 10.8. The fourth-order valence-corrected chi connectivity index (χ4v) is 1.16. The minimum absolute atomic E-state index is 0.231. The Bertz CT molecular complexity index is 234. The van der Waals surface area contributed by atoms with E-state index in [1.54, 1.807) is 0 Å². The predicted octanol–water partition coefficient (Wildman–Crippen LogP) is 0.584. The van der Waals surface area contributed by atoms with E-state index in [2.05, 4.69) is 10.1 Å². The number of carbonyl (C=O) groups excluding carboxylic acids is 1. The van der Waals surface area contributed by atoms with Gasteiger partial charge in [0.05, 0.1) is 12.5 Å². The average molecular weight is 170 g/mol. The van der Waals surface area contributed by atoms with Gasteiger partial charge in [-0.1, -0.05) is 6.92 Å². The van der Waals surface area contributed by atoms with Crippen LogP contribution in [0.4, 0.5) is 0 Å². The minimum atomic E-state index is -0.590. The van der Waals surface area contributed by atoms with Gasteiger partial charge in [0.15, 0.2) is 0 Å². The number of aliphatic hydroxyl groups excluding tert-OH is 1. The zero-order valence-corrected chi connectivity index (χ0v) is 6.71. The molecule has 0 aromatic rings. The van der Waals surface area contributed by atoms with Crippen molar-refractivity contribution in [3.63, 3.8) is 0 Å². The van der Waals surface area contributed by atoms with Crippen molar-refractivity contribution in [1.29, 1.82) is 0 Å². The molecule has 1 rings (SSSR count). The lowest BCUT2D eigenvalue weighted by molar-refractivity contribution is -0.152. The summed E-state index contributed by atoms with van der Waals surface area (Å²) in [5.74, 6) is -0.231. The first-order chi connectivity index (χ1) is 5.70. The number of aliphatic hydroxyl groups is 1. The van der Waals surface area contributed by atoms with Gasteiger partial charge in [0, 0.05) is 0 Å². The van der Waals surface area contributed by atoms with E-state index in [1.807, 2.05) is 6.92 Å². The van der Waals surface area contributed by atoms with Gasteiger partial charge in [-0.05, 0) is 11.6 Å². The van der Waals surface area contributed by atoms with Gasteiger partial charge < -0.3 is 5.11 Å². The molecule has 1 aliphatic heterocycles. The van der Waals surface area contributed by atoms with Crippen LogP contribution in [0, 0.1) is 0 Å². The van der Waals surface area contributed by atoms with E-state index in [0.717, 1.165) is 5.01 Å². The molecule has 12 heavy (non-hydrogen) atoms. The van der Waals surface area contributed by atoms with Gasteiger partial charge in [-0.25, -0.2) is 4.79 Å². The molecule has 6 nitrogen and oxygen atoms in total. The quantitative estimate of drug-likeness (QED) is 0.290. The molecule has 0 aromatic carbocycles. The Hall–Kier alpha value is -1.26. The molecule has 1 amide bonds. The lowest BCUT2D eigenvalue weighted by Crippen LogP contribution is -2.54. The molecule has 2 unspecified atom stereocenters. The highest BCUT2D eigenvalue weighted by Crippen LogP contribution is 2.23. The predicted molar refractivity (Wildman–Crippen MR) is 40.7 cm³/mol. The molecule has 1 heterocycles. The van der Waals surface area contributed by atoms with Gasteiger partial charge in [-0.15, -0.1) is 5.53 Å². The molecular formula is C6H10N4O2. The Labute approximate surface area is 69.4 Å². The molecule has 66 valence electrons. The summed E-state index contributed by atoms with van der Waals surface area (Å²) in [6, 6.07) is -0.321. The molecular weight excluding hydrogens is 160 g/mol. The molecule has 0 radical (unpaired) electrons. The number of amides is 1. The molecule has 0 aliphatic carbocycles. The highest BCUT2D eigenvalue weighted by atomic mass is 16.3. The van der Waals surface area contributed by atoms with Gasteiger partial charge in [0.1, 0.15) is 6.04 Å². The molecule has 1 saturated heterocycles. The maximum atomic E-state index is 10.8. The first-order valence-electron chi connectivity index (χ1n) is 3.75. The molecule has 2 atom stereocenters. The number of carbonyl (C=O) groups is 1. The summed E-state index contributed by atoms with van der Waals surface area (Å²) in [5.41, 5.74) is 8.07. The maximum Gasteiger partial charge on any atom is 0.317 e. The number of hydrogen-bond donors (Lipinski definition) is 1. The zero-order chi connectivity index (χ0) is 9.14. The van der Waals surface area contributed by atoms with Crippen LogP contribution in [0.3, 0.4) is 0 Å². The van der Waals surface area contributed by atoms with Crippen LogP contribution in [-0.4, -0.2) is 28.2 Å². The van der Waals surface area contributed by atoms with E-state index in [9.17, 15) is 9.90 Å². The van der Waals surface area contributed by atoms with Crippen molar-refractivity contribution < 1.29 is 9.90 Å². The van der Waals surface area contributed by atoms with E-state index in [4.69, 9.17) is 5.53 Å². The van der Waals surface area contributed by atoms with E-state index >= 15 is 0 Å². The lowest BCUT2D eigenvalue weighted by atomic mass is 9.97. The summed E-state index contributed by atoms with van der Waals surface area (Å²) < 4.78 is 0. The molecule has 0 spiro atoms. The SMILES string of the molecule is CCC(O)C1CC(=O)N1N=[N+]=[N-]. The third-order valence-corrected chi connectivity index (χ3v) is 1.95. The van der Waals surface area contributed by atoms with E-state index in [1.165, 1.54) is 0 Å². The number of hydrogen-bond acceptors (Lipinski definition) is 3. The van der Waals surface area contributed by atoms with Gasteiger partial charge in [-0.2, -0.15) is 9.92 Å². The second-order valence-corrected chi connectivity index (χ2v) is 2.66. The van der Waals surface area contributed by atoms with Crippen molar-refractivity contribution >= 4 is 5.91 Å². The van der Waals surface area contributed by atoms with Crippen LogP contribution < -0.4 is 0 Å². The van der Waals surface area contributed by atoms with Crippen molar-refractivity contribution in [3.8, 4) is 0 Å². The average Bonchev–Trinajstić information content (AvgIpc) is 2.09. The number of rotatable bonds is 3. The first kappa shape index (κ1) is 8.83. The third-order valence-electron chi connectivity index (χ3n) is 1.95. The Morgan fingerprint density at radius 1 is 2.00 bits per heavy atom. The summed E-state index contributed by atoms with van der Waals surface area (Å²) in [5, 5.41) is 13.5. The summed E-state index contributed by atoms with van der Waals surface area (Å²) in [6.07, 6.45) is 0.233. The molecule has 0 aromatic heterocycles. The van der Waals surface area contributed by atoms with E-state index < -0.39 is 6.10 Å². The summed E-state index contributed by atoms with van der Waals surface area (Å²) in [7, 11) is 0. The number of nitrogens with zero attached hydrogens (tertiary/aromatic N) is 4. The van der Waals surface area contributed by atoms with Crippen LogP contribution in [0.15, 0.2) is 5.22 Å². The Balaban J connectivity index is 2.59. The largest absolute Gasteiger partial charge is 0.389 e. The second-order valence-electron chi connectivity index (χ2n) is 2.66. The van der Waals surface area contributed by atoms with Crippen LogP contribution in [0.2, 0.25) is 0 Å². The van der Waals surface area contributed by atoms with E-state index in [-0.39, 0.29) is 18.4 Å². The van der Waals surface area contributed by atoms with Crippen LogP contribution >= 0.6 is 0 Å². The van der Waals surface area contributed by atoms with Crippen molar-refractivity contribution in [1.82, 2.24) is 5.01 Å². The highest BCUT2D eigenvalue weighted by molar-refractivity contribution is 5.82. The Kier molecular flexibility index (Phi) is 2.52. The molecule has 0 bridgehead atoms. The van der Waals surface area contributed by atoms with Crippen molar-refractivity contribution in [2.45, 2.75) is 31.9 Å². The van der Waals surface area contributed by atoms with Crippen molar-refractivity contribution in [2.75, 3.05) is 0 Å². The third kappa shape index (κ3) is 1.34. The molecule has 1 N–H and O–H groups in total. The second kappa shape index (κ2) is 3.42. The van der Waals surface area contributed by atoms with Crippen LogP contribution in [-0.2, 0) is 4.79 Å². The Morgan fingerprint density at radius 2 is 2.67 bits per heavy atom. The molecule has 6 heteroatoms.